The molecule has 0 saturated carbocycles. The van der Waals surface area contributed by atoms with Crippen molar-refractivity contribution in [3.05, 3.63) is 156 Å². The third-order valence-corrected chi connectivity index (χ3v) is 9.72. The molecule has 0 amide bonds. The van der Waals surface area contributed by atoms with Crippen LogP contribution in [0.15, 0.2) is 143 Å². The van der Waals surface area contributed by atoms with Crippen LogP contribution in [0.3, 0.4) is 0 Å². The summed E-state index contributed by atoms with van der Waals surface area (Å²) in [5, 5.41) is 2.26. The highest BCUT2D eigenvalue weighted by molar-refractivity contribution is 7.99. The van der Waals surface area contributed by atoms with E-state index in [-0.39, 0.29) is 0 Å². The predicted octanol–water partition coefficient (Wildman–Crippen LogP) is 9.28. The van der Waals surface area contributed by atoms with Gasteiger partial charge in [-0.15, -0.1) is 0 Å². The van der Waals surface area contributed by atoms with E-state index in [4.69, 9.17) is 9.97 Å². The lowest BCUT2D eigenvalue weighted by Gasteiger charge is -2.39. The highest BCUT2D eigenvalue weighted by Gasteiger charge is 2.50. The zero-order chi connectivity index (χ0) is 26.3. The summed E-state index contributed by atoms with van der Waals surface area (Å²) in [7, 11) is 0. The molecule has 2 nitrogen and oxygen atoms in total. The summed E-state index contributed by atoms with van der Waals surface area (Å²) in [6, 6.07) is 45.8. The SMILES string of the molecule is c1ccc(-c2ccc3ccc4c5c(cnc4c3n2)C2(c3ccccc3Sc3ccccc32)c2ccccc2-5)cc1. The maximum Gasteiger partial charge on any atom is 0.0972 e. The molecule has 186 valence electrons. The van der Waals surface area contributed by atoms with Crippen LogP contribution in [0.4, 0.5) is 0 Å². The maximum atomic E-state index is 5.22. The second-order valence-corrected chi connectivity index (χ2v) is 11.6. The quantitative estimate of drug-likeness (QED) is 0.199. The van der Waals surface area contributed by atoms with Gasteiger partial charge in [0.05, 0.1) is 22.1 Å². The van der Waals surface area contributed by atoms with E-state index in [0.29, 0.717) is 0 Å². The van der Waals surface area contributed by atoms with Gasteiger partial charge in [-0.25, -0.2) is 4.98 Å². The molecule has 40 heavy (non-hydrogen) atoms. The highest BCUT2D eigenvalue weighted by atomic mass is 32.2. The van der Waals surface area contributed by atoms with Crippen LogP contribution in [0, 0.1) is 0 Å². The molecule has 2 aliphatic rings. The first-order valence-corrected chi connectivity index (χ1v) is 14.4. The van der Waals surface area contributed by atoms with Crippen LogP contribution < -0.4 is 0 Å². The van der Waals surface area contributed by atoms with Crippen molar-refractivity contribution in [1.29, 1.82) is 0 Å². The fourth-order valence-electron chi connectivity index (χ4n) is 6.94. The van der Waals surface area contributed by atoms with E-state index in [9.17, 15) is 0 Å². The van der Waals surface area contributed by atoms with E-state index in [1.807, 2.05) is 17.8 Å². The molecule has 0 saturated heterocycles. The molecule has 3 heterocycles. The fraction of sp³-hybridized carbons (Fsp3) is 0.0270. The Bertz CT molecular complexity index is 2100. The van der Waals surface area contributed by atoms with Crippen LogP contribution in [-0.2, 0) is 5.41 Å². The van der Waals surface area contributed by atoms with Crippen molar-refractivity contribution in [1.82, 2.24) is 9.97 Å². The monoisotopic (exact) mass is 526 g/mol. The van der Waals surface area contributed by atoms with E-state index in [1.54, 1.807) is 0 Å². The van der Waals surface area contributed by atoms with Gasteiger partial charge in [-0.2, -0.15) is 0 Å². The molecule has 2 aromatic heterocycles. The molecule has 0 unspecified atom stereocenters. The summed E-state index contributed by atoms with van der Waals surface area (Å²) >= 11 is 1.87. The molecule has 1 aliphatic heterocycles. The number of aromatic nitrogens is 2. The molecule has 0 bridgehead atoms. The number of benzene rings is 5. The maximum absolute atomic E-state index is 5.22. The molecule has 3 heteroatoms. The van der Waals surface area contributed by atoms with Crippen LogP contribution >= 0.6 is 11.8 Å². The third kappa shape index (κ3) is 2.80. The first-order chi connectivity index (χ1) is 19.8. The zero-order valence-corrected chi connectivity index (χ0v) is 22.3. The van der Waals surface area contributed by atoms with Crippen molar-refractivity contribution in [2.75, 3.05) is 0 Å². The Morgan fingerprint density at radius 1 is 0.525 bits per heavy atom. The Morgan fingerprint density at radius 3 is 1.95 bits per heavy atom. The fourth-order valence-corrected chi connectivity index (χ4v) is 8.13. The Hall–Kier alpha value is -4.73. The molecule has 0 fully saturated rings. The topological polar surface area (TPSA) is 25.8 Å². The molecule has 9 rings (SSSR count). The Morgan fingerprint density at radius 2 is 1.18 bits per heavy atom. The molecule has 0 atom stereocenters. The van der Waals surface area contributed by atoms with Gasteiger partial charge in [0.15, 0.2) is 0 Å². The van der Waals surface area contributed by atoms with Crippen molar-refractivity contribution < 1.29 is 0 Å². The summed E-state index contributed by atoms with van der Waals surface area (Å²) in [6.45, 7) is 0. The summed E-state index contributed by atoms with van der Waals surface area (Å²) in [6.07, 6.45) is 2.14. The third-order valence-electron chi connectivity index (χ3n) is 8.57. The average molecular weight is 527 g/mol. The molecule has 0 radical (unpaired) electrons. The number of hydrogen-bond donors (Lipinski definition) is 0. The summed E-state index contributed by atoms with van der Waals surface area (Å²) in [4.78, 5) is 13.0. The normalized spacial score (nSPS) is 14.1. The van der Waals surface area contributed by atoms with Crippen molar-refractivity contribution in [3.63, 3.8) is 0 Å². The predicted molar refractivity (Wildman–Crippen MR) is 164 cm³/mol. The second kappa shape index (κ2) is 8.14. The van der Waals surface area contributed by atoms with Crippen LogP contribution in [-0.4, -0.2) is 9.97 Å². The number of hydrogen-bond acceptors (Lipinski definition) is 3. The van der Waals surface area contributed by atoms with Gasteiger partial charge < -0.3 is 0 Å². The van der Waals surface area contributed by atoms with E-state index in [2.05, 4.69) is 128 Å². The Balaban J connectivity index is 1.41. The lowest BCUT2D eigenvalue weighted by atomic mass is 9.67. The van der Waals surface area contributed by atoms with Crippen molar-refractivity contribution in [2.24, 2.45) is 0 Å². The van der Waals surface area contributed by atoms with Gasteiger partial charge in [0, 0.05) is 32.3 Å². The zero-order valence-electron chi connectivity index (χ0n) is 21.5. The summed E-state index contributed by atoms with van der Waals surface area (Å²) in [5.74, 6) is 0. The second-order valence-electron chi connectivity index (χ2n) is 10.5. The lowest BCUT2D eigenvalue weighted by Crippen LogP contribution is -2.32. The molecular weight excluding hydrogens is 504 g/mol. The van der Waals surface area contributed by atoms with Gasteiger partial charge in [0.1, 0.15) is 0 Å². The van der Waals surface area contributed by atoms with Crippen molar-refractivity contribution >= 4 is 33.6 Å². The molecule has 1 spiro atoms. The van der Waals surface area contributed by atoms with Crippen molar-refractivity contribution in [3.8, 4) is 22.4 Å². The number of fused-ring (bicyclic) bond motifs is 13. The van der Waals surface area contributed by atoms with Gasteiger partial charge in [0.2, 0.25) is 0 Å². The first kappa shape index (κ1) is 22.1. The molecule has 0 N–H and O–H groups in total. The molecule has 5 aromatic carbocycles. The van der Waals surface area contributed by atoms with Gasteiger partial charge in [0.25, 0.3) is 0 Å². The Kier molecular flexibility index (Phi) is 4.50. The van der Waals surface area contributed by atoms with Crippen LogP contribution in [0.1, 0.15) is 22.3 Å². The van der Waals surface area contributed by atoms with Gasteiger partial charge >= 0.3 is 0 Å². The minimum atomic E-state index is -0.417. The van der Waals surface area contributed by atoms with Crippen LogP contribution in [0.2, 0.25) is 0 Å². The van der Waals surface area contributed by atoms with Crippen LogP contribution in [0.5, 0.6) is 0 Å². The first-order valence-electron chi connectivity index (χ1n) is 13.6. The number of pyridine rings is 2. The van der Waals surface area contributed by atoms with E-state index in [0.717, 1.165) is 33.1 Å². The minimum absolute atomic E-state index is 0.417. The molecular formula is C37H22N2S. The summed E-state index contributed by atoms with van der Waals surface area (Å²) in [5.41, 5.74) is 11.3. The molecule has 1 aliphatic carbocycles. The van der Waals surface area contributed by atoms with Crippen molar-refractivity contribution in [2.45, 2.75) is 15.2 Å². The highest BCUT2D eigenvalue weighted by Crippen LogP contribution is 2.62. The largest absolute Gasteiger partial charge is 0.254 e. The lowest BCUT2D eigenvalue weighted by molar-refractivity contribution is 0.720. The van der Waals surface area contributed by atoms with E-state index in [1.165, 1.54) is 43.2 Å². The van der Waals surface area contributed by atoms with Gasteiger partial charge in [-0.3, -0.25) is 4.98 Å². The minimum Gasteiger partial charge on any atom is -0.254 e. The number of nitrogens with zero attached hydrogens (tertiary/aromatic N) is 2. The average Bonchev–Trinajstić information content (AvgIpc) is 3.32. The van der Waals surface area contributed by atoms with E-state index < -0.39 is 5.41 Å². The van der Waals surface area contributed by atoms with Gasteiger partial charge in [-0.1, -0.05) is 121 Å². The standard InChI is InChI=1S/C37H22N2S/c1-2-10-23(11-3-1)31-21-19-24-18-20-26-34-25-12-4-5-13-27(25)37(30(34)22-38-36(26)35(24)39-31)28-14-6-8-16-32(28)40-33-17-9-7-15-29(33)37/h1-22H. The van der Waals surface area contributed by atoms with Gasteiger partial charge in [-0.05, 0) is 51.6 Å². The smallest absolute Gasteiger partial charge is 0.0972 e. The number of rotatable bonds is 1. The summed E-state index contributed by atoms with van der Waals surface area (Å²) < 4.78 is 0. The van der Waals surface area contributed by atoms with Crippen LogP contribution in [0.25, 0.3) is 44.2 Å². The Labute approximate surface area is 236 Å². The van der Waals surface area contributed by atoms with E-state index >= 15 is 0 Å². The molecule has 7 aromatic rings.